The minimum absolute atomic E-state index is 0.0767. The number of hydrogen-bond donors (Lipinski definition) is 1. The Hall–Kier alpha value is -2.95. The van der Waals surface area contributed by atoms with Gasteiger partial charge in [-0.15, -0.1) is 0 Å². The van der Waals surface area contributed by atoms with E-state index in [1.54, 1.807) is 7.11 Å². The SMILES string of the molecule is C/C=C\c1ccc(OCC(=O)Nc2ccc(N3CCCC3)cc2C)c(OC)c1. The second-order valence-electron chi connectivity index (χ2n) is 6.94. The lowest BCUT2D eigenvalue weighted by Crippen LogP contribution is -2.21. The third kappa shape index (κ3) is 4.85. The van der Waals surface area contributed by atoms with Crippen LogP contribution in [0.1, 0.15) is 30.9 Å². The van der Waals surface area contributed by atoms with Crippen LogP contribution in [0.3, 0.4) is 0 Å². The van der Waals surface area contributed by atoms with Crippen LogP contribution in [-0.2, 0) is 4.79 Å². The number of ether oxygens (including phenoxy) is 2. The van der Waals surface area contributed by atoms with E-state index >= 15 is 0 Å². The van der Waals surface area contributed by atoms with Crippen molar-refractivity contribution < 1.29 is 14.3 Å². The summed E-state index contributed by atoms with van der Waals surface area (Å²) in [6.45, 7) is 6.11. The number of rotatable bonds is 7. The largest absolute Gasteiger partial charge is 0.493 e. The summed E-state index contributed by atoms with van der Waals surface area (Å²) in [4.78, 5) is 14.7. The molecule has 148 valence electrons. The molecule has 0 aromatic heterocycles. The zero-order valence-corrected chi connectivity index (χ0v) is 16.8. The van der Waals surface area contributed by atoms with Gasteiger partial charge in [-0.05, 0) is 68.1 Å². The third-order valence-electron chi connectivity index (χ3n) is 4.86. The summed E-state index contributed by atoms with van der Waals surface area (Å²) >= 11 is 0. The number of methoxy groups -OCH3 is 1. The molecule has 5 nitrogen and oxygen atoms in total. The molecule has 0 atom stereocenters. The van der Waals surface area contributed by atoms with Crippen LogP contribution in [0, 0.1) is 6.92 Å². The molecule has 28 heavy (non-hydrogen) atoms. The van der Waals surface area contributed by atoms with Gasteiger partial charge < -0.3 is 19.7 Å². The van der Waals surface area contributed by atoms with E-state index in [1.807, 2.05) is 50.3 Å². The van der Waals surface area contributed by atoms with Crippen LogP contribution in [0.4, 0.5) is 11.4 Å². The zero-order valence-electron chi connectivity index (χ0n) is 16.8. The summed E-state index contributed by atoms with van der Waals surface area (Å²) in [7, 11) is 1.59. The second kappa shape index (κ2) is 9.31. The lowest BCUT2D eigenvalue weighted by molar-refractivity contribution is -0.118. The first kappa shape index (κ1) is 19.8. The predicted molar refractivity (Wildman–Crippen MR) is 114 cm³/mol. The minimum atomic E-state index is -0.198. The van der Waals surface area contributed by atoms with E-state index in [4.69, 9.17) is 9.47 Å². The highest BCUT2D eigenvalue weighted by Gasteiger charge is 2.14. The summed E-state index contributed by atoms with van der Waals surface area (Å²) in [5.74, 6) is 0.957. The van der Waals surface area contributed by atoms with Crippen molar-refractivity contribution in [2.75, 3.05) is 37.0 Å². The summed E-state index contributed by atoms with van der Waals surface area (Å²) in [6, 6.07) is 11.8. The number of amides is 1. The molecule has 0 aliphatic carbocycles. The van der Waals surface area contributed by atoms with Gasteiger partial charge >= 0.3 is 0 Å². The average Bonchev–Trinajstić information content (AvgIpc) is 3.23. The van der Waals surface area contributed by atoms with E-state index < -0.39 is 0 Å². The number of nitrogens with zero attached hydrogens (tertiary/aromatic N) is 1. The molecule has 0 bridgehead atoms. The monoisotopic (exact) mass is 380 g/mol. The molecule has 0 unspecified atom stereocenters. The molecule has 1 fully saturated rings. The highest BCUT2D eigenvalue weighted by atomic mass is 16.5. The van der Waals surface area contributed by atoms with Gasteiger partial charge in [-0.25, -0.2) is 0 Å². The van der Waals surface area contributed by atoms with Crippen molar-refractivity contribution in [2.45, 2.75) is 26.7 Å². The Kier molecular flexibility index (Phi) is 6.58. The second-order valence-corrected chi connectivity index (χ2v) is 6.94. The fourth-order valence-electron chi connectivity index (χ4n) is 3.39. The normalized spacial score (nSPS) is 13.8. The van der Waals surface area contributed by atoms with Crippen LogP contribution in [-0.4, -0.2) is 32.7 Å². The maximum absolute atomic E-state index is 12.3. The summed E-state index contributed by atoms with van der Waals surface area (Å²) in [6.07, 6.45) is 6.43. The number of nitrogens with one attached hydrogen (secondary N) is 1. The van der Waals surface area contributed by atoms with Gasteiger partial charge in [0.05, 0.1) is 7.11 Å². The van der Waals surface area contributed by atoms with Gasteiger partial charge in [0.15, 0.2) is 18.1 Å². The number of carbonyl (C=O) groups is 1. The van der Waals surface area contributed by atoms with Crippen molar-refractivity contribution in [3.8, 4) is 11.5 Å². The van der Waals surface area contributed by atoms with Gasteiger partial charge in [0.25, 0.3) is 5.91 Å². The summed E-state index contributed by atoms with van der Waals surface area (Å²) < 4.78 is 11.0. The Bertz CT molecular complexity index is 855. The Labute approximate surface area is 167 Å². The van der Waals surface area contributed by atoms with Crippen LogP contribution in [0.25, 0.3) is 6.08 Å². The number of benzene rings is 2. The van der Waals surface area contributed by atoms with E-state index in [0.29, 0.717) is 11.5 Å². The van der Waals surface area contributed by atoms with Gasteiger partial charge in [-0.1, -0.05) is 18.2 Å². The van der Waals surface area contributed by atoms with E-state index in [9.17, 15) is 4.79 Å². The van der Waals surface area contributed by atoms with E-state index in [0.717, 1.165) is 29.9 Å². The molecule has 1 heterocycles. The summed E-state index contributed by atoms with van der Waals surface area (Å²) in [5.41, 5.74) is 4.10. The van der Waals surface area contributed by atoms with Gasteiger partial charge in [0.1, 0.15) is 0 Å². The molecule has 3 rings (SSSR count). The Morgan fingerprint density at radius 3 is 2.61 bits per heavy atom. The van der Waals surface area contributed by atoms with Crippen LogP contribution >= 0.6 is 0 Å². The first-order valence-electron chi connectivity index (χ1n) is 9.69. The van der Waals surface area contributed by atoms with E-state index in [2.05, 4.69) is 22.3 Å². The quantitative estimate of drug-likeness (QED) is 0.759. The van der Waals surface area contributed by atoms with Crippen molar-refractivity contribution in [2.24, 2.45) is 0 Å². The molecule has 2 aromatic rings. The Balaban J connectivity index is 1.60. The van der Waals surface area contributed by atoms with E-state index in [1.165, 1.54) is 18.5 Å². The maximum Gasteiger partial charge on any atom is 0.262 e. The number of allylic oxidation sites excluding steroid dienone is 1. The van der Waals surface area contributed by atoms with Crippen LogP contribution in [0.5, 0.6) is 11.5 Å². The van der Waals surface area contributed by atoms with E-state index in [-0.39, 0.29) is 12.5 Å². The maximum atomic E-state index is 12.3. The Morgan fingerprint density at radius 1 is 1.14 bits per heavy atom. The van der Waals surface area contributed by atoms with Gasteiger partial charge in [-0.2, -0.15) is 0 Å². The number of hydrogen-bond acceptors (Lipinski definition) is 4. The van der Waals surface area contributed by atoms with Gasteiger partial charge in [0, 0.05) is 24.5 Å². The molecule has 1 saturated heterocycles. The van der Waals surface area contributed by atoms with Crippen molar-refractivity contribution in [3.05, 3.63) is 53.6 Å². The van der Waals surface area contributed by atoms with Crippen molar-refractivity contribution in [3.63, 3.8) is 0 Å². The predicted octanol–water partition coefficient (Wildman–Crippen LogP) is 4.65. The Morgan fingerprint density at radius 2 is 1.93 bits per heavy atom. The van der Waals surface area contributed by atoms with Gasteiger partial charge in [0.2, 0.25) is 0 Å². The van der Waals surface area contributed by atoms with Crippen molar-refractivity contribution >= 4 is 23.4 Å². The molecule has 1 N–H and O–H groups in total. The fourth-order valence-corrected chi connectivity index (χ4v) is 3.39. The van der Waals surface area contributed by atoms with Crippen molar-refractivity contribution in [1.82, 2.24) is 0 Å². The summed E-state index contributed by atoms with van der Waals surface area (Å²) in [5, 5.41) is 2.93. The number of aryl methyl sites for hydroxylation is 1. The lowest BCUT2D eigenvalue weighted by Gasteiger charge is -2.19. The minimum Gasteiger partial charge on any atom is -0.493 e. The smallest absolute Gasteiger partial charge is 0.262 e. The first-order chi connectivity index (χ1) is 13.6. The topological polar surface area (TPSA) is 50.8 Å². The molecular weight excluding hydrogens is 352 g/mol. The van der Waals surface area contributed by atoms with Crippen LogP contribution in [0.2, 0.25) is 0 Å². The fraction of sp³-hybridized carbons (Fsp3) is 0.348. The lowest BCUT2D eigenvalue weighted by atomic mass is 10.1. The molecule has 5 heteroatoms. The highest BCUT2D eigenvalue weighted by molar-refractivity contribution is 5.93. The van der Waals surface area contributed by atoms with Crippen molar-refractivity contribution in [1.29, 1.82) is 0 Å². The average molecular weight is 380 g/mol. The first-order valence-corrected chi connectivity index (χ1v) is 9.69. The van der Waals surface area contributed by atoms with Gasteiger partial charge in [-0.3, -0.25) is 4.79 Å². The number of carbonyl (C=O) groups excluding carboxylic acids is 1. The molecule has 0 radical (unpaired) electrons. The standard InChI is InChI=1S/C23H28N2O3/c1-4-7-18-8-11-21(22(15-18)27-3)28-16-23(26)24-20-10-9-19(14-17(20)2)25-12-5-6-13-25/h4,7-11,14-15H,5-6,12-13,16H2,1-3H3,(H,24,26)/b7-4-. The molecular formula is C23H28N2O3. The molecule has 1 aliphatic rings. The number of anilines is 2. The highest BCUT2D eigenvalue weighted by Crippen LogP contribution is 2.29. The molecule has 0 spiro atoms. The molecule has 1 aliphatic heterocycles. The van der Waals surface area contributed by atoms with Crippen LogP contribution < -0.4 is 19.7 Å². The molecule has 2 aromatic carbocycles. The molecule has 1 amide bonds. The zero-order chi connectivity index (χ0) is 19.9. The molecule has 0 saturated carbocycles. The van der Waals surface area contributed by atoms with Crippen LogP contribution in [0.15, 0.2) is 42.5 Å². The third-order valence-corrected chi connectivity index (χ3v) is 4.86.